The van der Waals surface area contributed by atoms with E-state index >= 15 is 0 Å². The van der Waals surface area contributed by atoms with Crippen LogP contribution in [0.1, 0.15) is 46.5 Å². The fourth-order valence-electron chi connectivity index (χ4n) is 1.10. The highest BCUT2D eigenvalue weighted by molar-refractivity contribution is 5.78. The van der Waals surface area contributed by atoms with E-state index in [-0.39, 0.29) is 0 Å². The van der Waals surface area contributed by atoms with Crippen molar-refractivity contribution in [1.82, 2.24) is 5.32 Å². The largest absolute Gasteiger partial charge is 0.320 e. The van der Waals surface area contributed by atoms with Gasteiger partial charge in [-0.25, -0.2) is 0 Å². The van der Waals surface area contributed by atoms with Crippen molar-refractivity contribution >= 4 is 5.78 Å². The van der Waals surface area contributed by atoms with Crippen LogP contribution >= 0.6 is 0 Å². The van der Waals surface area contributed by atoms with Gasteiger partial charge in [-0.05, 0) is 31.8 Å². The Kier molecular flexibility index (Phi) is 5.97. The van der Waals surface area contributed by atoms with E-state index in [9.17, 15) is 4.79 Å². The molecule has 0 bridgehead atoms. The maximum Gasteiger partial charge on any atom is 0.132 e. The van der Waals surface area contributed by atoms with Gasteiger partial charge in [0.25, 0.3) is 0 Å². The molecule has 0 saturated carbocycles. The summed E-state index contributed by atoms with van der Waals surface area (Å²) in [6.45, 7) is 7.47. The quantitative estimate of drug-likeness (QED) is 0.644. The zero-order valence-electron chi connectivity index (χ0n) is 9.44. The summed E-state index contributed by atoms with van der Waals surface area (Å²) in [4.78, 5) is 11.3. The average Bonchev–Trinajstić information content (AvgIpc) is 2.00. The molecule has 0 atom stereocenters. The van der Waals surface area contributed by atoms with Crippen molar-refractivity contribution in [2.24, 2.45) is 5.41 Å². The van der Waals surface area contributed by atoms with E-state index in [1.807, 2.05) is 7.05 Å². The Hall–Kier alpha value is -0.370. The molecule has 0 saturated heterocycles. The van der Waals surface area contributed by atoms with Gasteiger partial charge in [0.05, 0.1) is 0 Å². The van der Waals surface area contributed by atoms with Crippen LogP contribution in [0, 0.1) is 5.41 Å². The number of hydrogen-bond donors (Lipinski definition) is 1. The Morgan fingerprint density at radius 2 is 1.85 bits per heavy atom. The Bertz CT molecular complexity index is 147. The maximum atomic E-state index is 11.3. The molecule has 2 nitrogen and oxygen atoms in total. The molecule has 0 aromatic rings. The zero-order chi connectivity index (χ0) is 10.3. The first kappa shape index (κ1) is 12.6. The van der Waals surface area contributed by atoms with E-state index in [1.165, 1.54) is 0 Å². The number of hydrogen-bond acceptors (Lipinski definition) is 2. The van der Waals surface area contributed by atoms with Gasteiger partial charge in [0.15, 0.2) is 0 Å². The molecule has 1 N–H and O–H groups in total. The standard InChI is InChI=1S/C11H23NO/c1-11(2,3)8-7-10(13)6-5-9-12-4/h12H,5-9H2,1-4H3. The Labute approximate surface area is 82.1 Å². The number of nitrogens with one attached hydrogen (secondary N) is 1. The van der Waals surface area contributed by atoms with E-state index in [0.29, 0.717) is 11.2 Å². The molecule has 2 heteroatoms. The van der Waals surface area contributed by atoms with Crippen LogP contribution in [0.5, 0.6) is 0 Å². The third-order valence-electron chi connectivity index (χ3n) is 2.04. The van der Waals surface area contributed by atoms with E-state index in [0.717, 1.165) is 32.2 Å². The fraction of sp³-hybridized carbons (Fsp3) is 0.909. The van der Waals surface area contributed by atoms with Gasteiger partial charge in [0.2, 0.25) is 0 Å². The van der Waals surface area contributed by atoms with Gasteiger partial charge in [-0.3, -0.25) is 4.79 Å². The minimum atomic E-state index is 0.290. The number of Topliss-reactive ketones (excluding diaryl/α,β-unsaturated/α-hetero) is 1. The number of rotatable bonds is 6. The first-order chi connectivity index (χ1) is 5.95. The van der Waals surface area contributed by atoms with Gasteiger partial charge in [-0.15, -0.1) is 0 Å². The third-order valence-corrected chi connectivity index (χ3v) is 2.04. The molecule has 0 aliphatic rings. The molecule has 0 rings (SSSR count). The van der Waals surface area contributed by atoms with E-state index in [1.54, 1.807) is 0 Å². The Morgan fingerprint density at radius 1 is 1.23 bits per heavy atom. The Morgan fingerprint density at radius 3 is 2.31 bits per heavy atom. The molecule has 0 fully saturated rings. The normalized spacial score (nSPS) is 11.7. The molecule has 0 aliphatic carbocycles. The van der Waals surface area contributed by atoms with E-state index < -0.39 is 0 Å². The van der Waals surface area contributed by atoms with Crippen LogP contribution in [0.25, 0.3) is 0 Å². The smallest absolute Gasteiger partial charge is 0.132 e. The monoisotopic (exact) mass is 185 g/mol. The highest BCUT2D eigenvalue weighted by atomic mass is 16.1. The molecule has 0 heterocycles. The fourth-order valence-corrected chi connectivity index (χ4v) is 1.10. The van der Waals surface area contributed by atoms with Crippen LogP contribution in [0.3, 0.4) is 0 Å². The van der Waals surface area contributed by atoms with Gasteiger partial charge in [-0.1, -0.05) is 20.8 Å². The summed E-state index contributed by atoms with van der Waals surface area (Å²) in [5.74, 6) is 0.408. The molecule has 78 valence electrons. The summed E-state index contributed by atoms with van der Waals surface area (Å²) in [6, 6.07) is 0. The predicted molar refractivity (Wildman–Crippen MR) is 56.9 cm³/mol. The molecule has 0 radical (unpaired) electrons. The van der Waals surface area contributed by atoms with Crippen LogP contribution < -0.4 is 5.32 Å². The highest BCUT2D eigenvalue weighted by Crippen LogP contribution is 2.21. The van der Waals surface area contributed by atoms with Gasteiger partial charge < -0.3 is 5.32 Å². The lowest BCUT2D eigenvalue weighted by molar-refractivity contribution is -0.119. The zero-order valence-corrected chi connectivity index (χ0v) is 9.44. The van der Waals surface area contributed by atoms with E-state index in [4.69, 9.17) is 0 Å². The Balaban J connectivity index is 3.41. The molecular formula is C11H23NO. The van der Waals surface area contributed by atoms with Crippen LogP contribution in [-0.2, 0) is 4.79 Å². The van der Waals surface area contributed by atoms with Gasteiger partial charge in [0.1, 0.15) is 5.78 Å². The van der Waals surface area contributed by atoms with Crippen LogP contribution in [0.4, 0.5) is 0 Å². The molecule has 0 aromatic heterocycles. The summed E-state index contributed by atoms with van der Waals surface area (Å²) >= 11 is 0. The number of carbonyl (C=O) groups is 1. The second-order valence-electron chi connectivity index (χ2n) is 4.81. The van der Waals surface area contributed by atoms with Crippen LogP contribution in [0.15, 0.2) is 0 Å². The number of ketones is 1. The topological polar surface area (TPSA) is 29.1 Å². The molecule has 0 amide bonds. The summed E-state index contributed by atoms with van der Waals surface area (Å²) in [5, 5.41) is 3.04. The summed E-state index contributed by atoms with van der Waals surface area (Å²) < 4.78 is 0. The summed E-state index contributed by atoms with van der Waals surface area (Å²) in [7, 11) is 1.92. The van der Waals surface area contributed by atoms with Gasteiger partial charge >= 0.3 is 0 Å². The van der Waals surface area contributed by atoms with Crippen LogP contribution in [-0.4, -0.2) is 19.4 Å². The minimum absolute atomic E-state index is 0.290. The lowest BCUT2D eigenvalue weighted by Crippen LogP contribution is -2.12. The molecule has 0 aliphatic heterocycles. The average molecular weight is 185 g/mol. The molecule has 0 spiro atoms. The van der Waals surface area contributed by atoms with Crippen LogP contribution in [0.2, 0.25) is 0 Å². The summed E-state index contributed by atoms with van der Waals surface area (Å²) in [6.07, 6.45) is 3.45. The minimum Gasteiger partial charge on any atom is -0.320 e. The van der Waals surface area contributed by atoms with Crippen molar-refractivity contribution in [3.63, 3.8) is 0 Å². The van der Waals surface area contributed by atoms with Crippen molar-refractivity contribution in [3.05, 3.63) is 0 Å². The lowest BCUT2D eigenvalue weighted by Gasteiger charge is -2.16. The molecule has 13 heavy (non-hydrogen) atoms. The SMILES string of the molecule is CNCCCC(=O)CCC(C)(C)C. The second kappa shape index (κ2) is 6.14. The van der Waals surface area contributed by atoms with Crippen molar-refractivity contribution in [3.8, 4) is 0 Å². The first-order valence-corrected chi connectivity index (χ1v) is 5.12. The van der Waals surface area contributed by atoms with Crippen molar-refractivity contribution in [2.45, 2.75) is 46.5 Å². The van der Waals surface area contributed by atoms with E-state index in [2.05, 4.69) is 26.1 Å². The van der Waals surface area contributed by atoms with Gasteiger partial charge in [0, 0.05) is 12.8 Å². The lowest BCUT2D eigenvalue weighted by atomic mass is 9.89. The molecular weight excluding hydrogens is 162 g/mol. The maximum absolute atomic E-state index is 11.3. The highest BCUT2D eigenvalue weighted by Gasteiger charge is 2.12. The number of carbonyl (C=O) groups excluding carboxylic acids is 1. The summed E-state index contributed by atoms with van der Waals surface area (Å²) in [5.41, 5.74) is 0.290. The predicted octanol–water partition coefficient (Wildman–Crippen LogP) is 2.38. The molecule has 0 aromatic carbocycles. The molecule has 0 unspecified atom stereocenters. The van der Waals surface area contributed by atoms with Gasteiger partial charge in [-0.2, -0.15) is 0 Å². The van der Waals surface area contributed by atoms with Crippen molar-refractivity contribution < 1.29 is 4.79 Å². The second-order valence-corrected chi connectivity index (χ2v) is 4.81. The third kappa shape index (κ3) is 9.54. The first-order valence-electron chi connectivity index (χ1n) is 5.12. The van der Waals surface area contributed by atoms with Crippen molar-refractivity contribution in [2.75, 3.05) is 13.6 Å². The van der Waals surface area contributed by atoms with Crippen molar-refractivity contribution in [1.29, 1.82) is 0 Å².